The summed E-state index contributed by atoms with van der Waals surface area (Å²) in [4.78, 5) is 12.2. The summed E-state index contributed by atoms with van der Waals surface area (Å²) in [5.74, 6) is 0.419. The number of aromatic amines is 1. The van der Waals surface area contributed by atoms with E-state index in [0.717, 1.165) is 23.3 Å². The zero-order chi connectivity index (χ0) is 18.4. The normalized spacial score (nSPS) is 10.8. The van der Waals surface area contributed by atoms with Gasteiger partial charge in [0.2, 0.25) is 0 Å². The first-order chi connectivity index (χ1) is 12.7. The zero-order valence-corrected chi connectivity index (χ0v) is 14.7. The van der Waals surface area contributed by atoms with E-state index >= 15 is 0 Å². The number of aromatic nitrogens is 2. The average Bonchev–Trinajstić information content (AvgIpc) is 3.19. The highest BCUT2D eigenvalue weighted by Gasteiger charge is 2.10. The first-order valence-electron chi connectivity index (χ1n) is 8.31. The second kappa shape index (κ2) is 8.11. The first kappa shape index (κ1) is 17.4. The molecule has 0 aliphatic carbocycles. The zero-order valence-electron chi connectivity index (χ0n) is 14.7. The minimum Gasteiger partial charge on any atom is -0.497 e. The fourth-order valence-corrected chi connectivity index (χ4v) is 2.41. The molecule has 1 heterocycles. The van der Waals surface area contributed by atoms with E-state index in [-0.39, 0.29) is 5.91 Å². The molecule has 0 atom stereocenters. The van der Waals surface area contributed by atoms with Gasteiger partial charge in [-0.25, -0.2) is 5.43 Å². The number of benzene rings is 2. The van der Waals surface area contributed by atoms with E-state index in [1.165, 1.54) is 5.56 Å². The number of nitrogens with one attached hydrogen (secondary N) is 2. The molecule has 3 rings (SSSR count). The molecule has 132 valence electrons. The van der Waals surface area contributed by atoms with Crippen LogP contribution in [0.5, 0.6) is 5.75 Å². The van der Waals surface area contributed by atoms with Crippen LogP contribution >= 0.6 is 0 Å². The molecule has 3 aromatic rings. The summed E-state index contributed by atoms with van der Waals surface area (Å²) < 4.78 is 5.13. The molecule has 0 saturated heterocycles. The third-order valence-electron chi connectivity index (χ3n) is 3.98. The quantitative estimate of drug-likeness (QED) is 0.529. The van der Waals surface area contributed by atoms with Crippen LogP contribution in [0, 0.1) is 0 Å². The fraction of sp³-hybridized carbons (Fsp3) is 0.150. The highest BCUT2D eigenvalue weighted by Crippen LogP contribution is 2.21. The number of H-pyrrole nitrogens is 1. The second-order valence-corrected chi connectivity index (χ2v) is 5.69. The monoisotopic (exact) mass is 348 g/mol. The lowest BCUT2D eigenvalue weighted by Crippen LogP contribution is -2.17. The maximum atomic E-state index is 12.2. The third-order valence-corrected chi connectivity index (χ3v) is 3.98. The Morgan fingerprint density at radius 3 is 2.58 bits per heavy atom. The summed E-state index contributed by atoms with van der Waals surface area (Å²) in [5, 5.41) is 10.9. The van der Waals surface area contributed by atoms with Gasteiger partial charge in [-0.1, -0.05) is 31.2 Å². The van der Waals surface area contributed by atoms with Gasteiger partial charge in [0.1, 0.15) is 11.4 Å². The van der Waals surface area contributed by atoms with E-state index in [9.17, 15) is 4.79 Å². The van der Waals surface area contributed by atoms with Crippen molar-refractivity contribution in [2.45, 2.75) is 13.3 Å². The van der Waals surface area contributed by atoms with Crippen LogP contribution in [-0.2, 0) is 6.42 Å². The van der Waals surface area contributed by atoms with Crippen molar-refractivity contribution in [3.8, 4) is 17.0 Å². The number of methoxy groups -OCH3 is 1. The number of hydrogen-bond donors (Lipinski definition) is 2. The molecule has 0 aliphatic rings. The van der Waals surface area contributed by atoms with Crippen LogP contribution in [-0.4, -0.2) is 29.4 Å². The van der Waals surface area contributed by atoms with Crippen molar-refractivity contribution in [2.75, 3.05) is 7.11 Å². The smallest absolute Gasteiger partial charge is 0.289 e. The summed E-state index contributed by atoms with van der Waals surface area (Å²) in [5.41, 5.74) is 6.59. The molecule has 0 aliphatic heterocycles. The minimum absolute atomic E-state index is 0.342. The van der Waals surface area contributed by atoms with Crippen LogP contribution in [0.15, 0.2) is 59.7 Å². The Morgan fingerprint density at radius 1 is 1.19 bits per heavy atom. The van der Waals surface area contributed by atoms with Crippen molar-refractivity contribution in [3.05, 3.63) is 71.4 Å². The molecular formula is C20H20N4O2. The van der Waals surface area contributed by atoms with Crippen LogP contribution in [0.1, 0.15) is 28.5 Å². The van der Waals surface area contributed by atoms with Crippen molar-refractivity contribution >= 4 is 12.1 Å². The predicted octanol–water partition coefficient (Wildman–Crippen LogP) is 3.41. The number of hydrazone groups is 1. The molecule has 0 unspecified atom stereocenters. The number of carbonyl (C=O) groups is 1. The number of rotatable bonds is 6. The van der Waals surface area contributed by atoms with E-state index in [0.29, 0.717) is 11.4 Å². The average molecular weight is 348 g/mol. The predicted molar refractivity (Wildman–Crippen MR) is 101 cm³/mol. The number of nitrogens with zero attached hydrogens (tertiary/aromatic N) is 2. The molecule has 0 bridgehead atoms. The highest BCUT2D eigenvalue weighted by atomic mass is 16.5. The standard InChI is InChI=1S/C20H20N4O2/c1-3-14-4-6-15(7-5-14)13-21-24-20(25)19-12-18(22-23-19)16-8-10-17(26-2)11-9-16/h4-13H,3H2,1-2H3,(H,22,23)(H,24,25)/b21-13+. The molecule has 0 radical (unpaired) electrons. The molecular weight excluding hydrogens is 328 g/mol. The summed E-state index contributed by atoms with van der Waals surface area (Å²) in [6, 6.07) is 17.2. The summed E-state index contributed by atoms with van der Waals surface area (Å²) in [6.07, 6.45) is 2.60. The lowest BCUT2D eigenvalue weighted by molar-refractivity contribution is 0.0950. The Hall–Kier alpha value is -3.41. The van der Waals surface area contributed by atoms with Crippen molar-refractivity contribution in [1.29, 1.82) is 0 Å². The third kappa shape index (κ3) is 4.16. The fourth-order valence-electron chi connectivity index (χ4n) is 2.41. The van der Waals surface area contributed by atoms with E-state index in [1.807, 2.05) is 48.5 Å². The number of carbonyl (C=O) groups excluding carboxylic acids is 1. The van der Waals surface area contributed by atoms with Crippen LogP contribution in [0.4, 0.5) is 0 Å². The first-order valence-corrected chi connectivity index (χ1v) is 8.31. The van der Waals surface area contributed by atoms with Gasteiger partial charge in [0, 0.05) is 5.56 Å². The molecule has 0 spiro atoms. The topological polar surface area (TPSA) is 79.4 Å². The lowest BCUT2D eigenvalue weighted by Gasteiger charge is -2.00. The van der Waals surface area contributed by atoms with Gasteiger partial charge in [0.25, 0.3) is 5.91 Å². The minimum atomic E-state index is -0.348. The number of hydrogen-bond acceptors (Lipinski definition) is 4. The molecule has 0 fully saturated rings. The Kier molecular flexibility index (Phi) is 5.43. The number of amides is 1. The Labute approximate surface area is 151 Å². The van der Waals surface area contributed by atoms with E-state index in [4.69, 9.17) is 4.74 Å². The number of ether oxygens (including phenoxy) is 1. The van der Waals surface area contributed by atoms with Gasteiger partial charge in [-0.3, -0.25) is 9.89 Å². The van der Waals surface area contributed by atoms with Crippen molar-refractivity contribution in [2.24, 2.45) is 5.10 Å². The van der Waals surface area contributed by atoms with Gasteiger partial charge < -0.3 is 4.74 Å². The maximum absolute atomic E-state index is 12.2. The van der Waals surface area contributed by atoms with E-state index in [1.54, 1.807) is 19.4 Å². The summed E-state index contributed by atoms with van der Waals surface area (Å²) in [7, 11) is 1.62. The molecule has 0 saturated carbocycles. The molecule has 26 heavy (non-hydrogen) atoms. The Balaban J connectivity index is 1.62. The van der Waals surface area contributed by atoms with Gasteiger partial charge in [-0.15, -0.1) is 0 Å². The summed E-state index contributed by atoms with van der Waals surface area (Å²) in [6.45, 7) is 2.11. The highest BCUT2D eigenvalue weighted by molar-refractivity contribution is 5.94. The van der Waals surface area contributed by atoms with Crippen molar-refractivity contribution < 1.29 is 9.53 Å². The Bertz CT molecular complexity index is 896. The van der Waals surface area contributed by atoms with Crippen LogP contribution in [0.25, 0.3) is 11.3 Å². The van der Waals surface area contributed by atoms with Crippen LogP contribution in [0.2, 0.25) is 0 Å². The van der Waals surface area contributed by atoms with Crippen molar-refractivity contribution in [3.63, 3.8) is 0 Å². The molecule has 2 N–H and O–H groups in total. The van der Waals surface area contributed by atoms with Crippen LogP contribution < -0.4 is 10.2 Å². The summed E-state index contributed by atoms with van der Waals surface area (Å²) >= 11 is 0. The van der Waals surface area contributed by atoms with Gasteiger partial charge in [-0.2, -0.15) is 10.2 Å². The van der Waals surface area contributed by atoms with Gasteiger partial charge in [-0.05, 0) is 47.9 Å². The largest absolute Gasteiger partial charge is 0.497 e. The molecule has 1 amide bonds. The second-order valence-electron chi connectivity index (χ2n) is 5.69. The maximum Gasteiger partial charge on any atom is 0.289 e. The molecule has 1 aromatic heterocycles. The van der Waals surface area contributed by atoms with Gasteiger partial charge >= 0.3 is 0 Å². The SMILES string of the molecule is CCc1ccc(/C=N/NC(=O)c2cc(-c3ccc(OC)cc3)n[nH]2)cc1. The molecule has 6 nitrogen and oxygen atoms in total. The van der Waals surface area contributed by atoms with Crippen molar-refractivity contribution in [1.82, 2.24) is 15.6 Å². The molecule has 2 aromatic carbocycles. The van der Waals surface area contributed by atoms with E-state index in [2.05, 4.69) is 27.6 Å². The van der Waals surface area contributed by atoms with Gasteiger partial charge in [0.15, 0.2) is 0 Å². The number of aryl methyl sites for hydroxylation is 1. The van der Waals surface area contributed by atoms with Gasteiger partial charge in [0.05, 0.1) is 19.0 Å². The Morgan fingerprint density at radius 2 is 1.92 bits per heavy atom. The van der Waals surface area contributed by atoms with E-state index < -0.39 is 0 Å². The lowest BCUT2D eigenvalue weighted by atomic mass is 10.1. The van der Waals surface area contributed by atoms with Crippen LogP contribution in [0.3, 0.4) is 0 Å². The molecule has 6 heteroatoms.